The summed E-state index contributed by atoms with van der Waals surface area (Å²) in [5, 5.41) is 3.57. The Morgan fingerprint density at radius 1 is 1.64 bits per heavy atom. The number of rotatable bonds is 2. The SMILES string of the molecule is Cl.Nc1cnn(CC(F)F)c1. The molecule has 2 N–H and O–H groups in total. The third-order valence-electron chi connectivity index (χ3n) is 0.978. The molecule has 0 atom stereocenters. The number of alkyl halides is 2. The van der Waals surface area contributed by atoms with Crippen molar-refractivity contribution in [2.24, 2.45) is 0 Å². The van der Waals surface area contributed by atoms with Crippen molar-refractivity contribution in [2.45, 2.75) is 13.0 Å². The molecule has 6 heteroatoms. The Bertz CT molecular complexity index is 213. The van der Waals surface area contributed by atoms with Crippen LogP contribution in [-0.2, 0) is 6.54 Å². The molecule has 3 nitrogen and oxygen atoms in total. The van der Waals surface area contributed by atoms with Crippen LogP contribution in [0.15, 0.2) is 12.4 Å². The monoisotopic (exact) mass is 183 g/mol. The fourth-order valence-electron chi connectivity index (χ4n) is 0.621. The van der Waals surface area contributed by atoms with Crippen molar-refractivity contribution in [3.8, 4) is 0 Å². The molecule has 0 aliphatic heterocycles. The highest BCUT2D eigenvalue weighted by Gasteiger charge is 2.03. The van der Waals surface area contributed by atoms with E-state index >= 15 is 0 Å². The zero-order chi connectivity index (χ0) is 7.56. The van der Waals surface area contributed by atoms with E-state index in [1.807, 2.05) is 0 Å². The zero-order valence-electron chi connectivity index (χ0n) is 5.58. The molecule has 0 unspecified atom stereocenters. The summed E-state index contributed by atoms with van der Waals surface area (Å²) in [6.07, 6.45) is 0.327. The lowest BCUT2D eigenvalue weighted by atomic mass is 10.6. The average molecular weight is 184 g/mol. The van der Waals surface area contributed by atoms with E-state index in [4.69, 9.17) is 5.73 Å². The van der Waals surface area contributed by atoms with Gasteiger partial charge in [-0.2, -0.15) is 5.10 Å². The highest BCUT2D eigenvalue weighted by atomic mass is 35.5. The van der Waals surface area contributed by atoms with E-state index in [1.165, 1.54) is 12.4 Å². The molecule has 0 aliphatic rings. The summed E-state index contributed by atoms with van der Waals surface area (Å²) >= 11 is 0. The van der Waals surface area contributed by atoms with Crippen LogP contribution in [0.25, 0.3) is 0 Å². The van der Waals surface area contributed by atoms with E-state index in [1.54, 1.807) is 0 Å². The maximum absolute atomic E-state index is 11.6. The zero-order valence-corrected chi connectivity index (χ0v) is 6.39. The van der Waals surface area contributed by atoms with E-state index in [2.05, 4.69) is 5.10 Å². The number of anilines is 1. The Hall–Kier alpha value is -0.840. The second-order valence-electron chi connectivity index (χ2n) is 1.89. The number of hydrogen-bond donors (Lipinski definition) is 1. The fourth-order valence-corrected chi connectivity index (χ4v) is 0.621. The topological polar surface area (TPSA) is 43.8 Å². The van der Waals surface area contributed by atoms with Crippen molar-refractivity contribution in [1.82, 2.24) is 9.78 Å². The number of nitrogen functional groups attached to an aromatic ring is 1. The highest BCUT2D eigenvalue weighted by Crippen LogP contribution is 2.01. The van der Waals surface area contributed by atoms with Gasteiger partial charge >= 0.3 is 0 Å². The molecule has 64 valence electrons. The minimum Gasteiger partial charge on any atom is -0.396 e. The summed E-state index contributed by atoms with van der Waals surface area (Å²) < 4.78 is 24.4. The van der Waals surface area contributed by atoms with Crippen LogP contribution in [0.2, 0.25) is 0 Å². The third kappa shape index (κ3) is 3.18. The van der Waals surface area contributed by atoms with E-state index in [0.717, 1.165) is 4.68 Å². The molecule has 0 amide bonds. The molecule has 1 heterocycles. The molecule has 0 saturated carbocycles. The predicted molar refractivity (Wildman–Crippen MR) is 39.9 cm³/mol. The van der Waals surface area contributed by atoms with Crippen molar-refractivity contribution < 1.29 is 8.78 Å². The normalized spacial score (nSPS) is 9.73. The van der Waals surface area contributed by atoms with Gasteiger partial charge in [-0.05, 0) is 0 Å². The molecule has 0 spiro atoms. The van der Waals surface area contributed by atoms with Gasteiger partial charge in [-0.1, -0.05) is 0 Å². The third-order valence-corrected chi connectivity index (χ3v) is 0.978. The quantitative estimate of drug-likeness (QED) is 0.748. The molecule has 1 aromatic rings. The number of nitrogens with zero attached hydrogens (tertiary/aromatic N) is 2. The second-order valence-corrected chi connectivity index (χ2v) is 1.89. The summed E-state index contributed by atoms with van der Waals surface area (Å²) in [6.45, 7) is -0.392. The maximum Gasteiger partial charge on any atom is 0.257 e. The van der Waals surface area contributed by atoms with E-state index < -0.39 is 13.0 Å². The van der Waals surface area contributed by atoms with Crippen molar-refractivity contribution in [2.75, 3.05) is 5.73 Å². The van der Waals surface area contributed by atoms with Crippen LogP contribution in [0.1, 0.15) is 0 Å². The summed E-state index contributed by atoms with van der Waals surface area (Å²) in [5.74, 6) is 0. The molecular weight excluding hydrogens is 176 g/mol. The van der Waals surface area contributed by atoms with Crippen LogP contribution in [0.5, 0.6) is 0 Å². The van der Waals surface area contributed by atoms with Crippen molar-refractivity contribution in [3.63, 3.8) is 0 Å². The number of nitrogens with two attached hydrogens (primary N) is 1. The molecule has 0 aromatic carbocycles. The molecule has 0 radical (unpaired) electrons. The van der Waals surface area contributed by atoms with E-state index in [9.17, 15) is 8.78 Å². The molecule has 11 heavy (non-hydrogen) atoms. The van der Waals surface area contributed by atoms with Crippen LogP contribution in [0.4, 0.5) is 14.5 Å². The van der Waals surface area contributed by atoms with Gasteiger partial charge in [-0.3, -0.25) is 4.68 Å². The van der Waals surface area contributed by atoms with Crippen molar-refractivity contribution in [1.29, 1.82) is 0 Å². The Kier molecular flexibility index (Phi) is 3.81. The number of halogens is 3. The molecule has 0 fully saturated rings. The van der Waals surface area contributed by atoms with E-state index in [0.29, 0.717) is 5.69 Å². The van der Waals surface area contributed by atoms with Gasteiger partial charge in [0, 0.05) is 6.20 Å². The first-order valence-electron chi connectivity index (χ1n) is 2.74. The van der Waals surface area contributed by atoms with E-state index in [-0.39, 0.29) is 12.4 Å². The standard InChI is InChI=1S/C5H7F2N3.ClH/c6-5(7)3-10-2-4(8)1-9-10;/h1-2,5H,3,8H2;1H. The Morgan fingerprint density at radius 2 is 2.27 bits per heavy atom. The first-order chi connectivity index (χ1) is 4.68. The molecule has 0 aliphatic carbocycles. The molecular formula is C5H8ClF2N3. The minimum absolute atomic E-state index is 0. The Morgan fingerprint density at radius 3 is 2.64 bits per heavy atom. The van der Waals surface area contributed by atoms with Gasteiger partial charge in [0.15, 0.2) is 0 Å². The van der Waals surface area contributed by atoms with Gasteiger partial charge < -0.3 is 5.73 Å². The van der Waals surface area contributed by atoms with Gasteiger partial charge in [0.2, 0.25) is 0 Å². The molecule has 1 aromatic heterocycles. The first kappa shape index (κ1) is 10.2. The highest BCUT2D eigenvalue weighted by molar-refractivity contribution is 5.85. The van der Waals surface area contributed by atoms with Crippen LogP contribution in [0.3, 0.4) is 0 Å². The van der Waals surface area contributed by atoms with Gasteiger partial charge in [0.05, 0.1) is 11.9 Å². The molecule has 0 saturated heterocycles. The van der Waals surface area contributed by atoms with Gasteiger partial charge in [-0.15, -0.1) is 12.4 Å². The van der Waals surface area contributed by atoms with Crippen LogP contribution in [0, 0.1) is 0 Å². The summed E-state index contributed by atoms with van der Waals surface area (Å²) in [7, 11) is 0. The first-order valence-corrected chi connectivity index (χ1v) is 2.74. The van der Waals surface area contributed by atoms with Gasteiger partial charge in [0.25, 0.3) is 6.43 Å². The summed E-state index contributed by atoms with van der Waals surface area (Å²) in [4.78, 5) is 0. The minimum atomic E-state index is -2.38. The summed E-state index contributed by atoms with van der Waals surface area (Å²) in [6, 6.07) is 0. The number of hydrogen-bond acceptors (Lipinski definition) is 2. The fraction of sp³-hybridized carbons (Fsp3) is 0.400. The van der Waals surface area contributed by atoms with Crippen LogP contribution >= 0.6 is 12.4 Å². The smallest absolute Gasteiger partial charge is 0.257 e. The van der Waals surface area contributed by atoms with Gasteiger partial charge in [-0.25, -0.2) is 8.78 Å². The van der Waals surface area contributed by atoms with Crippen molar-refractivity contribution >= 4 is 18.1 Å². The lowest BCUT2D eigenvalue weighted by Gasteiger charge is -1.96. The number of aromatic nitrogens is 2. The average Bonchev–Trinajstić information content (AvgIpc) is 2.13. The lowest BCUT2D eigenvalue weighted by molar-refractivity contribution is 0.122. The molecule has 0 bridgehead atoms. The largest absolute Gasteiger partial charge is 0.396 e. The van der Waals surface area contributed by atoms with Gasteiger partial charge in [0.1, 0.15) is 6.54 Å². The summed E-state index contributed by atoms with van der Waals surface area (Å²) in [5.41, 5.74) is 5.63. The molecule has 1 rings (SSSR count). The maximum atomic E-state index is 11.6. The van der Waals surface area contributed by atoms with Crippen molar-refractivity contribution in [3.05, 3.63) is 12.4 Å². The Labute approximate surface area is 68.6 Å². The van der Waals surface area contributed by atoms with Crippen LogP contribution < -0.4 is 5.73 Å². The lowest BCUT2D eigenvalue weighted by Crippen LogP contribution is -2.06. The van der Waals surface area contributed by atoms with Crippen LogP contribution in [-0.4, -0.2) is 16.2 Å². The predicted octanol–water partition coefficient (Wildman–Crippen LogP) is 1.15. The second kappa shape index (κ2) is 4.12. The Balaban J connectivity index is 0.000001000.